The van der Waals surface area contributed by atoms with Crippen LogP contribution in [-0.4, -0.2) is 11.9 Å². The average molecular weight is 394 g/mol. The molecule has 0 heterocycles. The molecular formula is C24H24ClNO2. The first kappa shape index (κ1) is 20.0. The van der Waals surface area contributed by atoms with Crippen LogP contribution in [0.5, 0.6) is 5.75 Å². The van der Waals surface area contributed by atoms with Gasteiger partial charge < -0.3 is 10.1 Å². The summed E-state index contributed by atoms with van der Waals surface area (Å²) in [5.41, 5.74) is 2.77. The minimum atomic E-state index is -0.0937. The van der Waals surface area contributed by atoms with Crippen LogP contribution in [0.4, 0.5) is 0 Å². The lowest BCUT2D eigenvalue weighted by Gasteiger charge is -2.15. The molecule has 3 aromatic rings. The quantitative estimate of drug-likeness (QED) is 0.535. The van der Waals surface area contributed by atoms with Gasteiger partial charge in [-0.15, -0.1) is 0 Å². The van der Waals surface area contributed by atoms with Crippen LogP contribution in [-0.2, 0) is 13.0 Å². The SMILES string of the molecule is CC(CCc1ccccc1)NC(=O)c1cccc(OCc2ccccc2Cl)c1. The Morgan fingerprint density at radius 2 is 1.75 bits per heavy atom. The van der Waals surface area contributed by atoms with Gasteiger partial charge in [-0.1, -0.05) is 66.2 Å². The molecule has 3 aromatic carbocycles. The Bertz CT molecular complexity index is 911. The number of hydrogen-bond acceptors (Lipinski definition) is 2. The fraction of sp³-hybridized carbons (Fsp3) is 0.208. The molecule has 1 unspecified atom stereocenters. The summed E-state index contributed by atoms with van der Waals surface area (Å²) in [6, 6.07) is 25.2. The van der Waals surface area contributed by atoms with E-state index in [-0.39, 0.29) is 11.9 Å². The lowest BCUT2D eigenvalue weighted by atomic mass is 10.1. The van der Waals surface area contributed by atoms with Gasteiger partial charge in [0, 0.05) is 22.2 Å². The Morgan fingerprint density at radius 1 is 1.00 bits per heavy atom. The Kier molecular flexibility index (Phi) is 7.10. The molecule has 0 spiro atoms. The maximum Gasteiger partial charge on any atom is 0.251 e. The molecule has 0 saturated heterocycles. The third-order valence-electron chi connectivity index (χ3n) is 4.53. The number of ether oxygens (including phenoxy) is 1. The molecule has 4 heteroatoms. The molecule has 1 N–H and O–H groups in total. The van der Waals surface area contributed by atoms with E-state index < -0.39 is 0 Å². The predicted molar refractivity (Wildman–Crippen MR) is 114 cm³/mol. The number of amides is 1. The molecule has 0 radical (unpaired) electrons. The molecule has 3 nitrogen and oxygen atoms in total. The molecule has 1 amide bonds. The highest BCUT2D eigenvalue weighted by atomic mass is 35.5. The number of halogens is 1. The number of nitrogens with one attached hydrogen (secondary N) is 1. The largest absolute Gasteiger partial charge is 0.489 e. The number of rotatable bonds is 8. The van der Waals surface area contributed by atoms with Crippen molar-refractivity contribution in [3.05, 3.63) is 101 Å². The standard InChI is InChI=1S/C24H24ClNO2/c1-18(14-15-19-8-3-2-4-9-19)26-24(27)20-11-7-12-22(16-20)28-17-21-10-5-6-13-23(21)25/h2-13,16,18H,14-15,17H2,1H3,(H,26,27). The monoisotopic (exact) mass is 393 g/mol. The fourth-order valence-corrected chi connectivity index (χ4v) is 3.10. The molecule has 0 aliphatic rings. The van der Waals surface area contributed by atoms with E-state index in [9.17, 15) is 4.79 Å². The zero-order chi connectivity index (χ0) is 19.8. The van der Waals surface area contributed by atoms with E-state index in [1.54, 1.807) is 12.1 Å². The highest BCUT2D eigenvalue weighted by Gasteiger charge is 2.11. The van der Waals surface area contributed by atoms with Gasteiger partial charge in [0.25, 0.3) is 5.91 Å². The maximum absolute atomic E-state index is 12.6. The summed E-state index contributed by atoms with van der Waals surface area (Å²) in [6.45, 7) is 2.39. The Labute approximate surface area is 171 Å². The number of benzene rings is 3. The second-order valence-corrected chi connectivity index (χ2v) is 7.21. The van der Waals surface area contributed by atoms with Gasteiger partial charge in [0.15, 0.2) is 0 Å². The number of carbonyl (C=O) groups is 1. The molecule has 0 aromatic heterocycles. The van der Waals surface area contributed by atoms with Gasteiger partial charge >= 0.3 is 0 Å². The summed E-state index contributed by atoms with van der Waals surface area (Å²) in [6.07, 6.45) is 1.82. The molecule has 0 fully saturated rings. The van der Waals surface area contributed by atoms with Crippen molar-refractivity contribution in [1.29, 1.82) is 0 Å². The van der Waals surface area contributed by atoms with Gasteiger partial charge in [-0.2, -0.15) is 0 Å². The number of hydrogen-bond donors (Lipinski definition) is 1. The van der Waals surface area contributed by atoms with Gasteiger partial charge in [0.05, 0.1) is 0 Å². The Hall–Kier alpha value is -2.78. The van der Waals surface area contributed by atoms with E-state index in [1.165, 1.54) is 5.56 Å². The molecule has 0 aliphatic carbocycles. The lowest BCUT2D eigenvalue weighted by Crippen LogP contribution is -2.32. The molecular weight excluding hydrogens is 370 g/mol. The Morgan fingerprint density at radius 3 is 2.54 bits per heavy atom. The summed E-state index contributed by atoms with van der Waals surface area (Å²) in [5, 5.41) is 3.73. The van der Waals surface area contributed by atoms with E-state index in [0.29, 0.717) is 22.9 Å². The third kappa shape index (κ3) is 5.86. The van der Waals surface area contributed by atoms with Crippen molar-refractivity contribution in [2.75, 3.05) is 0 Å². The van der Waals surface area contributed by atoms with Crippen molar-refractivity contribution in [1.82, 2.24) is 5.32 Å². The summed E-state index contributed by atoms with van der Waals surface area (Å²) >= 11 is 6.16. The smallest absolute Gasteiger partial charge is 0.251 e. The Balaban J connectivity index is 1.53. The summed E-state index contributed by atoms with van der Waals surface area (Å²) in [4.78, 5) is 12.6. The van der Waals surface area contributed by atoms with Crippen LogP contribution in [0.3, 0.4) is 0 Å². The third-order valence-corrected chi connectivity index (χ3v) is 4.90. The summed E-state index contributed by atoms with van der Waals surface area (Å²) < 4.78 is 5.81. The summed E-state index contributed by atoms with van der Waals surface area (Å²) in [7, 11) is 0. The average Bonchev–Trinajstić information content (AvgIpc) is 2.72. The first-order chi connectivity index (χ1) is 13.6. The van der Waals surface area contributed by atoms with Gasteiger partial charge in [0.1, 0.15) is 12.4 Å². The number of aryl methyl sites for hydroxylation is 1. The van der Waals surface area contributed by atoms with Crippen LogP contribution in [0.2, 0.25) is 5.02 Å². The van der Waals surface area contributed by atoms with Crippen LogP contribution in [0, 0.1) is 0 Å². The van der Waals surface area contributed by atoms with Gasteiger partial charge in [-0.3, -0.25) is 4.79 Å². The molecule has 0 bridgehead atoms. The second kappa shape index (κ2) is 9.95. The molecule has 0 saturated carbocycles. The van der Waals surface area contributed by atoms with E-state index in [1.807, 2.05) is 61.5 Å². The van der Waals surface area contributed by atoms with Crippen LogP contribution in [0.25, 0.3) is 0 Å². The van der Waals surface area contributed by atoms with Crippen LogP contribution in [0.15, 0.2) is 78.9 Å². The fourth-order valence-electron chi connectivity index (χ4n) is 2.91. The van der Waals surface area contributed by atoms with Crippen molar-refractivity contribution >= 4 is 17.5 Å². The van der Waals surface area contributed by atoms with Crippen LogP contribution >= 0.6 is 11.6 Å². The highest BCUT2D eigenvalue weighted by molar-refractivity contribution is 6.31. The maximum atomic E-state index is 12.6. The van der Waals surface area contributed by atoms with Crippen molar-refractivity contribution in [3.8, 4) is 5.75 Å². The molecule has 3 rings (SSSR count). The molecule has 28 heavy (non-hydrogen) atoms. The zero-order valence-electron chi connectivity index (χ0n) is 15.9. The molecule has 1 atom stereocenters. The minimum Gasteiger partial charge on any atom is -0.489 e. The summed E-state index contributed by atoms with van der Waals surface area (Å²) in [5.74, 6) is 0.549. The zero-order valence-corrected chi connectivity index (χ0v) is 16.7. The molecule has 144 valence electrons. The van der Waals surface area contributed by atoms with Gasteiger partial charge in [0.2, 0.25) is 0 Å². The van der Waals surface area contributed by atoms with Crippen molar-refractivity contribution < 1.29 is 9.53 Å². The van der Waals surface area contributed by atoms with E-state index in [0.717, 1.165) is 18.4 Å². The van der Waals surface area contributed by atoms with E-state index in [4.69, 9.17) is 16.3 Å². The normalized spacial score (nSPS) is 11.6. The van der Waals surface area contributed by atoms with Gasteiger partial charge in [-0.05, 0) is 49.6 Å². The predicted octanol–water partition coefficient (Wildman–Crippen LogP) is 5.67. The van der Waals surface area contributed by atoms with Crippen LogP contribution < -0.4 is 10.1 Å². The van der Waals surface area contributed by atoms with Gasteiger partial charge in [-0.25, -0.2) is 0 Å². The van der Waals surface area contributed by atoms with E-state index in [2.05, 4.69) is 17.4 Å². The minimum absolute atomic E-state index is 0.0837. The van der Waals surface area contributed by atoms with Crippen molar-refractivity contribution in [2.45, 2.75) is 32.4 Å². The lowest BCUT2D eigenvalue weighted by molar-refractivity contribution is 0.0938. The second-order valence-electron chi connectivity index (χ2n) is 6.81. The van der Waals surface area contributed by atoms with Crippen molar-refractivity contribution in [2.24, 2.45) is 0 Å². The number of carbonyl (C=O) groups excluding carboxylic acids is 1. The van der Waals surface area contributed by atoms with E-state index >= 15 is 0 Å². The highest BCUT2D eigenvalue weighted by Crippen LogP contribution is 2.19. The topological polar surface area (TPSA) is 38.3 Å². The molecule has 0 aliphatic heterocycles. The first-order valence-electron chi connectivity index (χ1n) is 9.43. The van der Waals surface area contributed by atoms with Crippen LogP contribution in [0.1, 0.15) is 34.8 Å². The first-order valence-corrected chi connectivity index (χ1v) is 9.80. The van der Waals surface area contributed by atoms with Crippen molar-refractivity contribution in [3.63, 3.8) is 0 Å².